The molecular weight excluding hydrogens is 381 g/mol. The Morgan fingerprint density at radius 2 is 2.14 bits per heavy atom. The molecule has 9 heteroatoms. The van der Waals surface area contributed by atoms with Gasteiger partial charge in [0.05, 0.1) is 17.5 Å². The summed E-state index contributed by atoms with van der Waals surface area (Å²) >= 11 is 1.25. The number of aromatic nitrogens is 4. The van der Waals surface area contributed by atoms with E-state index in [0.29, 0.717) is 33.0 Å². The van der Waals surface area contributed by atoms with E-state index in [1.807, 2.05) is 0 Å². The SMILES string of the molecule is Cc1ccc(-c2csc(NC(=O)Cn3cnc4ccn(C)c(=O)c43)n2)cc1F. The molecule has 0 fully saturated rings. The van der Waals surface area contributed by atoms with Gasteiger partial charge in [-0.1, -0.05) is 12.1 Å². The lowest BCUT2D eigenvalue weighted by atomic mass is 10.1. The van der Waals surface area contributed by atoms with Gasteiger partial charge >= 0.3 is 0 Å². The van der Waals surface area contributed by atoms with Crippen molar-refractivity contribution in [3.63, 3.8) is 0 Å². The predicted octanol–water partition coefficient (Wildman–Crippen LogP) is 2.94. The Morgan fingerprint density at radius 1 is 1.32 bits per heavy atom. The smallest absolute Gasteiger partial charge is 0.276 e. The maximum atomic E-state index is 13.8. The molecule has 0 radical (unpaired) electrons. The van der Waals surface area contributed by atoms with Gasteiger partial charge in [0.15, 0.2) is 5.13 Å². The Kier molecular flexibility index (Phi) is 4.52. The zero-order valence-electron chi connectivity index (χ0n) is 15.1. The van der Waals surface area contributed by atoms with Crippen molar-refractivity contribution in [2.75, 3.05) is 5.32 Å². The number of anilines is 1. The van der Waals surface area contributed by atoms with Gasteiger partial charge in [-0.15, -0.1) is 11.3 Å². The molecule has 0 aliphatic rings. The van der Waals surface area contributed by atoms with Crippen LogP contribution in [-0.2, 0) is 18.4 Å². The zero-order valence-corrected chi connectivity index (χ0v) is 16.0. The Balaban J connectivity index is 1.52. The first-order chi connectivity index (χ1) is 13.4. The predicted molar refractivity (Wildman–Crippen MR) is 106 cm³/mol. The molecule has 0 bridgehead atoms. The van der Waals surface area contributed by atoms with Gasteiger partial charge in [-0.2, -0.15) is 0 Å². The van der Waals surface area contributed by atoms with Crippen molar-refractivity contribution in [2.24, 2.45) is 7.05 Å². The topological polar surface area (TPSA) is 81.8 Å². The number of hydrogen-bond donors (Lipinski definition) is 1. The Hall–Kier alpha value is -3.33. The van der Waals surface area contributed by atoms with Gasteiger partial charge in [0.2, 0.25) is 5.91 Å². The molecule has 0 aliphatic heterocycles. The number of thiazole rings is 1. The number of imidazole rings is 1. The van der Waals surface area contributed by atoms with Crippen molar-refractivity contribution in [3.05, 3.63) is 63.9 Å². The molecule has 4 rings (SSSR count). The maximum absolute atomic E-state index is 13.8. The molecule has 0 aliphatic carbocycles. The maximum Gasteiger partial charge on any atom is 0.276 e. The van der Waals surface area contributed by atoms with Crippen molar-refractivity contribution >= 4 is 33.4 Å². The first-order valence-electron chi connectivity index (χ1n) is 8.45. The van der Waals surface area contributed by atoms with E-state index in [2.05, 4.69) is 15.3 Å². The lowest BCUT2D eigenvalue weighted by Gasteiger charge is -2.05. The summed E-state index contributed by atoms with van der Waals surface area (Å²) in [5.74, 6) is -0.633. The number of benzene rings is 1. The number of fused-ring (bicyclic) bond motifs is 1. The summed E-state index contributed by atoms with van der Waals surface area (Å²) in [4.78, 5) is 33.2. The number of halogens is 1. The molecule has 28 heavy (non-hydrogen) atoms. The second kappa shape index (κ2) is 7.01. The van der Waals surface area contributed by atoms with E-state index in [1.165, 1.54) is 32.9 Å². The lowest BCUT2D eigenvalue weighted by Crippen LogP contribution is -2.22. The average molecular weight is 397 g/mol. The third-order valence-electron chi connectivity index (χ3n) is 4.38. The summed E-state index contributed by atoms with van der Waals surface area (Å²) < 4.78 is 16.7. The fourth-order valence-corrected chi connectivity index (χ4v) is 3.55. The molecule has 0 unspecified atom stereocenters. The normalized spacial score (nSPS) is 11.1. The number of aryl methyl sites for hydroxylation is 2. The van der Waals surface area contributed by atoms with Crippen LogP contribution < -0.4 is 10.9 Å². The van der Waals surface area contributed by atoms with Gasteiger partial charge in [-0.25, -0.2) is 14.4 Å². The summed E-state index contributed by atoms with van der Waals surface area (Å²) in [5.41, 5.74) is 2.47. The van der Waals surface area contributed by atoms with Gasteiger partial charge < -0.3 is 14.5 Å². The first-order valence-corrected chi connectivity index (χ1v) is 9.33. The molecule has 4 aromatic rings. The van der Waals surface area contributed by atoms with E-state index >= 15 is 0 Å². The second-order valence-corrected chi connectivity index (χ2v) is 7.25. The van der Waals surface area contributed by atoms with Gasteiger partial charge in [-0.3, -0.25) is 9.59 Å². The number of nitrogens with one attached hydrogen (secondary N) is 1. The van der Waals surface area contributed by atoms with Crippen LogP contribution >= 0.6 is 11.3 Å². The summed E-state index contributed by atoms with van der Waals surface area (Å²) in [5, 5.41) is 4.87. The van der Waals surface area contributed by atoms with Crippen LogP contribution in [0.5, 0.6) is 0 Å². The quantitative estimate of drug-likeness (QED) is 0.574. The van der Waals surface area contributed by atoms with Crippen LogP contribution in [0.3, 0.4) is 0 Å². The van der Waals surface area contributed by atoms with E-state index in [4.69, 9.17) is 0 Å². The molecule has 7 nitrogen and oxygen atoms in total. The van der Waals surface area contributed by atoms with Crippen molar-refractivity contribution in [3.8, 4) is 11.3 Å². The molecule has 1 amide bonds. The van der Waals surface area contributed by atoms with E-state index in [9.17, 15) is 14.0 Å². The number of carbonyl (C=O) groups is 1. The van der Waals surface area contributed by atoms with Crippen molar-refractivity contribution < 1.29 is 9.18 Å². The number of carbonyl (C=O) groups excluding carboxylic acids is 1. The molecule has 0 saturated carbocycles. The Labute approximate surface area is 163 Å². The molecule has 0 spiro atoms. The third-order valence-corrected chi connectivity index (χ3v) is 5.13. The molecule has 0 atom stereocenters. The Bertz CT molecular complexity index is 1260. The minimum absolute atomic E-state index is 0.0656. The van der Waals surface area contributed by atoms with E-state index < -0.39 is 0 Å². The van der Waals surface area contributed by atoms with Gasteiger partial charge in [0.1, 0.15) is 17.9 Å². The van der Waals surface area contributed by atoms with Crippen LogP contribution in [0.4, 0.5) is 9.52 Å². The van der Waals surface area contributed by atoms with E-state index in [1.54, 1.807) is 43.7 Å². The lowest BCUT2D eigenvalue weighted by molar-refractivity contribution is -0.116. The molecular formula is C19H16FN5O2S. The highest BCUT2D eigenvalue weighted by molar-refractivity contribution is 7.14. The van der Waals surface area contributed by atoms with E-state index in [0.717, 1.165) is 0 Å². The fraction of sp³-hybridized carbons (Fsp3) is 0.158. The zero-order chi connectivity index (χ0) is 19.8. The van der Waals surface area contributed by atoms with E-state index in [-0.39, 0.29) is 23.8 Å². The van der Waals surface area contributed by atoms with Gasteiger partial charge in [0, 0.05) is 24.2 Å². The van der Waals surface area contributed by atoms with Crippen LogP contribution in [0.25, 0.3) is 22.3 Å². The largest absolute Gasteiger partial charge is 0.317 e. The van der Waals surface area contributed by atoms with Crippen molar-refractivity contribution in [1.29, 1.82) is 0 Å². The number of nitrogens with zero attached hydrogens (tertiary/aromatic N) is 4. The highest BCUT2D eigenvalue weighted by Crippen LogP contribution is 2.26. The van der Waals surface area contributed by atoms with Crippen molar-refractivity contribution in [2.45, 2.75) is 13.5 Å². The monoisotopic (exact) mass is 397 g/mol. The molecule has 3 aromatic heterocycles. The third kappa shape index (κ3) is 3.31. The summed E-state index contributed by atoms with van der Waals surface area (Å²) in [6.07, 6.45) is 3.10. The van der Waals surface area contributed by atoms with Crippen molar-refractivity contribution in [1.82, 2.24) is 19.1 Å². The highest BCUT2D eigenvalue weighted by atomic mass is 32.1. The number of amides is 1. The first kappa shape index (κ1) is 18.1. The molecule has 1 aromatic carbocycles. The minimum Gasteiger partial charge on any atom is -0.317 e. The molecule has 0 saturated heterocycles. The van der Waals surface area contributed by atoms with Crippen LogP contribution in [0.1, 0.15) is 5.56 Å². The number of rotatable bonds is 4. The van der Waals surface area contributed by atoms with Crippen LogP contribution in [0.15, 0.2) is 47.0 Å². The van der Waals surface area contributed by atoms with Gasteiger partial charge in [-0.05, 0) is 24.6 Å². The molecule has 1 N–H and O–H groups in total. The Morgan fingerprint density at radius 3 is 2.93 bits per heavy atom. The summed E-state index contributed by atoms with van der Waals surface area (Å²) in [7, 11) is 1.64. The second-order valence-electron chi connectivity index (χ2n) is 6.39. The summed E-state index contributed by atoms with van der Waals surface area (Å²) in [6, 6.07) is 6.61. The average Bonchev–Trinajstić information content (AvgIpc) is 3.28. The minimum atomic E-state index is -0.332. The fourth-order valence-electron chi connectivity index (χ4n) is 2.82. The van der Waals surface area contributed by atoms with Crippen LogP contribution in [-0.4, -0.2) is 25.0 Å². The molecule has 3 heterocycles. The highest BCUT2D eigenvalue weighted by Gasteiger charge is 2.13. The summed E-state index contributed by atoms with van der Waals surface area (Å²) in [6.45, 7) is 1.63. The number of hydrogen-bond acceptors (Lipinski definition) is 5. The van der Waals surface area contributed by atoms with Crippen LogP contribution in [0, 0.1) is 12.7 Å². The number of pyridine rings is 1. The molecule has 142 valence electrons. The van der Waals surface area contributed by atoms with Gasteiger partial charge in [0.25, 0.3) is 5.56 Å². The van der Waals surface area contributed by atoms with Crippen LogP contribution in [0.2, 0.25) is 0 Å². The standard InChI is InChI=1S/C19H16FN5O2S/c1-11-3-4-12(7-13(11)20)15-9-28-19(22-15)23-16(26)8-25-10-21-14-5-6-24(2)18(27)17(14)25/h3-7,9-10H,8H2,1-2H3,(H,22,23,26).